The van der Waals surface area contributed by atoms with E-state index in [4.69, 9.17) is 10.8 Å². The first-order chi connectivity index (χ1) is 4.26. The molecule has 0 rings (SSSR count). The maximum Gasteiger partial charge on any atom is 0.0473 e. The highest BCUT2D eigenvalue weighted by atomic mass is 16.3. The molecular formula is C7H17NO. The molecule has 0 aliphatic rings. The summed E-state index contributed by atoms with van der Waals surface area (Å²) in [5.41, 5.74) is 5.40. The SMILES string of the molecule is CC[C@H](C)[C@@H](CN)CO. The van der Waals surface area contributed by atoms with Crippen LogP contribution in [0.15, 0.2) is 0 Å². The minimum Gasteiger partial charge on any atom is -0.396 e. The fraction of sp³-hybridized carbons (Fsp3) is 1.00. The standard InChI is InChI=1S/C7H17NO/c1-3-6(2)7(4-8)5-9/h6-7,9H,3-5,8H2,1-2H3/t6-,7-/m0/s1. The van der Waals surface area contributed by atoms with Gasteiger partial charge in [0.05, 0.1) is 0 Å². The van der Waals surface area contributed by atoms with Crippen molar-refractivity contribution in [1.82, 2.24) is 0 Å². The number of nitrogens with two attached hydrogens (primary N) is 1. The molecule has 0 aromatic carbocycles. The van der Waals surface area contributed by atoms with E-state index in [9.17, 15) is 0 Å². The molecule has 2 nitrogen and oxygen atoms in total. The Balaban J connectivity index is 3.50. The highest BCUT2D eigenvalue weighted by molar-refractivity contribution is 4.63. The van der Waals surface area contributed by atoms with Gasteiger partial charge in [-0.3, -0.25) is 0 Å². The lowest BCUT2D eigenvalue weighted by atomic mass is 9.93. The molecule has 2 atom stereocenters. The molecule has 3 N–H and O–H groups in total. The summed E-state index contributed by atoms with van der Waals surface area (Å²) in [5.74, 6) is 0.856. The summed E-state index contributed by atoms with van der Waals surface area (Å²) >= 11 is 0. The molecule has 0 bridgehead atoms. The quantitative estimate of drug-likeness (QED) is 0.587. The van der Waals surface area contributed by atoms with Crippen molar-refractivity contribution in [2.45, 2.75) is 20.3 Å². The second kappa shape index (κ2) is 4.77. The molecule has 0 spiro atoms. The van der Waals surface area contributed by atoms with E-state index in [1.54, 1.807) is 0 Å². The lowest BCUT2D eigenvalue weighted by Gasteiger charge is -2.17. The second-order valence-corrected chi connectivity index (χ2v) is 2.56. The Morgan fingerprint density at radius 2 is 2.11 bits per heavy atom. The van der Waals surface area contributed by atoms with Crippen LogP contribution in [0.25, 0.3) is 0 Å². The van der Waals surface area contributed by atoms with Gasteiger partial charge in [0.2, 0.25) is 0 Å². The van der Waals surface area contributed by atoms with Crippen LogP contribution in [0.5, 0.6) is 0 Å². The largest absolute Gasteiger partial charge is 0.396 e. The Hall–Kier alpha value is -0.0800. The molecule has 0 unspecified atom stereocenters. The van der Waals surface area contributed by atoms with E-state index in [1.165, 1.54) is 0 Å². The molecule has 9 heavy (non-hydrogen) atoms. The van der Waals surface area contributed by atoms with E-state index in [0.29, 0.717) is 18.4 Å². The van der Waals surface area contributed by atoms with Crippen LogP contribution in [0.2, 0.25) is 0 Å². The fourth-order valence-electron chi connectivity index (χ4n) is 0.820. The van der Waals surface area contributed by atoms with Gasteiger partial charge < -0.3 is 10.8 Å². The number of aliphatic hydroxyl groups is 1. The minimum absolute atomic E-state index is 0.228. The molecule has 0 saturated carbocycles. The van der Waals surface area contributed by atoms with Gasteiger partial charge in [-0.1, -0.05) is 20.3 Å². The number of hydrogen-bond donors (Lipinski definition) is 2. The normalized spacial score (nSPS) is 17.3. The Bertz CT molecular complexity index is 61.9. The lowest BCUT2D eigenvalue weighted by molar-refractivity contribution is 0.185. The average Bonchev–Trinajstić information content (AvgIpc) is 1.90. The van der Waals surface area contributed by atoms with Gasteiger partial charge in [-0.2, -0.15) is 0 Å². The van der Waals surface area contributed by atoms with E-state index in [-0.39, 0.29) is 6.61 Å². The summed E-state index contributed by atoms with van der Waals surface area (Å²) in [6, 6.07) is 0. The molecule has 0 heterocycles. The van der Waals surface area contributed by atoms with E-state index in [2.05, 4.69) is 13.8 Å². The van der Waals surface area contributed by atoms with E-state index in [0.717, 1.165) is 6.42 Å². The summed E-state index contributed by atoms with van der Waals surface area (Å²) < 4.78 is 0. The fourth-order valence-corrected chi connectivity index (χ4v) is 0.820. The zero-order valence-corrected chi connectivity index (χ0v) is 6.30. The van der Waals surface area contributed by atoms with Crippen molar-refractivity contribution in [1.29, 1.82) is 0 Å². The van der Waals surface area contributed by atoms with Gasteiger partial charge in [0.1, 0.15) is 0 Å². The Labute approximate surface area is 57.1 Å². The summed E-state index contributed by atoms with van der Waals surface area (Å²) in [6.07, 6.45) is 1.10. The smallest absolute Gasteiger partial charge is 0.0473 e. The molecule has 0 aromatic rings. The van der Waals surface area contributed by atoms with Crippen molar-refractivity contribution in [3.8, 4) is 0 Å². The predicted molar refractivity (Wildman–Crippen MR) is 39.1 cm³/mol. The van der Waals surface area contributed by atoms with Crippen molar-refractivity contribution in [3.63, 3.8) is 0 Å². The molecule has 2 heteroatoms. The van der Waals surface area contributed by atoms with Gasteiger partial charge in [-0.05, 0) is 18.4 Å². The number of aliphatic hydroxyl groups excluding tert-OH is 1. The van der Waals surface area contributed by atoms with Gasteiger partial charge in [-0.25, -0.2) is 0 Å². The van der Waals surface area contributed by atoms with Gasteiger partial charge in [-0.15, -0.1) is 0 Å². The maximum atomic E-state index is 8.75. The lowest BCUT2D eigenvalue weighted by Crippen LogP contribution is -2.24. The highest BCUT2D eigenvalue weighted by Crippen LogP contribution is 2.12. The summed E-state index contributed by atoms with van der Waals surface area (Å²) in [5, 5.41) is 8.75. The second-order valence-electron chi connectivity index (χ2n) is 2.56. The first-order valence-electron chi connectivity index (χ1n) is 3.57. The van der Waals surface area contributed by atoms with Crippen molar-refractivity contribution in [2.75, 3.05) is 13.2 Å². The van der Waals surface area contributed by atoms with Crippen LogP contribution in [0.3, 0.4) is 0 Å². The molecule has 0 radical (unpaired) electrons. The summed E-state index contributed by atoms with van der Waals surface area (Å²) in [4.78, 5) is 0. The van der Waals surface area contributed by atoms with E-state index in [1.807, 2.05) is 0 Å². The Morgan fingerprint density at radius 1 is 1.56 bits per heavy atom. The zero-order valence-electron chi connectivity index (χ0n) is 6.30. The third-order valence-corrected chi connectivity index (χ3v) is 1.99. The predicted octanol–water partition coefficient (Wildman–Crippen LogP) is 0.600. The highest BCUT2D eigenvalue weighted by Gasteiger charge is 2.11. The van der Waals surface area contributed by atoms with Crippen LogP contribution in [0.1, 0.15) is 20.3 Å². The Morgan fingerprint density at radius 3 is 2.22 bits per heavy atom. The number of rotatable bonds is 4. The molecule has 0 saturated heterocycles. The molecule has 0 aliphatic heterocycles. The van der Waals surface area contributed by atoms with Crippen molar-refractivity contribution >= 4 is 0 Å². The molecule has 0 aliphatic carbocycles. The first-order valence-corrected chi connectivity index (χ1v) is 3.57. The van der Waals surface area contributed by atoms with Crippen molar-refractivity contribution in [3.05, 3.63) is 0 Å². The molecular weight excluding hydrogens is 114 g/mol. The van der Waals surface area contributed by atoms with Gasteiger partial charge in [0.15, 0.2) is 0 Å². The molecule has 0 fully saturated rings. The molecule has 0 aromatic heterocycles. The van der Waals surface area contributed by atoms with Gasteiger partial charge in [0, 0.05) is 6.61 Å². The maximum absolute atomic E-state index is 8.75. The molecule has 56 valence electrons. The van der Waals surface area contributed by atoms with Crippen LogP contribution in [-0.4, -0.2) is 18.3 Å². The minimum atomic E-state index is 0.228. The Kier molecular flexibility index (Phi) is 4.72. The third kappa shape index (κ3) is 2.82. The van der Waals surface area contributed by atoms with Gasteiger partial charge in [0.25, 0.3) is 0 Å². The van der Waals surface area contributed by atoms with E-state index < -0.39 is 0 Å². The third-order valence-electron chi connectivity index (χ3n) is 1.99. The summed E-state index contributed by atoms with van der Waals surface area (Å²) in [7, 11) is 0. The van der Waals surface area contributed by atoms with Crippen LogP contribution in [-0.2, 0) is 0 Å². The van der Waals surface area contributed by atoms with Crippen LogP contribution < -0.4 is 5.73 Å². The van der Waals surface area contributed by atoms with Crippen molar-refractivity contribution < 1.29 is 5.11 Å². The number of hydrogen-bond acceptors (Lipinski definition) is 2. The van der Waals surface area contributed by atoms with Gasteiger partial charge >= 0.3 is 0 Å². The van der Waals surface area contributed by atoms with Crippen molar-refractivity contribution in [2.24, 2.45) is 17.6 Å². The topological polar surface area (TPSA) is 46.2 Å². The van der Waals surface area contributed by atoms with Crippen LogP contribution in [0.4, 0.5) is 0 Å². The zero-order chi connectivity index (χ0) is 7.28. The van der Waals surface area contributed by atoms with Crippen LogP contribution in [0, 0.1) is 11.8 Å². The molecule has 0 amide bonds. The summed E-state index contributed by atoms with van der Waals surface area (Å²) in [6.45, 7) is 5.06. The van der Waals surface area contributed by atoms with E-state index >= 15 is 0 Å². The average molecular weight is 131 g/mol. The monoisotopic (exact) mass is 131 g/mol. The van der Waals surface area contributed by atoms with Crippen LogP contribution >= 0.6 is 0 Å². The first kappa shape index (κ1) is 8.92.